The zero-order valence-electron chi connectivity index (χ0n) is 17.3. The number of amides is 2. The molecule has 0 saturated carbocycles. The van der Waals surface area contributed by atoms with E-state index < -0.39 is 15.9 Å². The summed E-state index contributed by atoms with van der Waals surface area (Å²) >= 11 is 0. The Balaban J connectivity index is 1.55. The smallest absolute Gasteiger partial charge is 0.267 e. The monoisotopic (exact) mass is 436 g/mol. The zero-order valence-corrected chi connectivity index (χ0v) is 18.1. The minimum Gasteiger partial charge on any atom is -0.373 e. The van der Waals surface area contributed by atoms with Crippen molar-refractivity contribution in [3.63, 3.8) is 0 Å². The van der Waals surface area contributed by atoms with Crippen LogP contribution in [0.2, 0.25) is 0 Å². The zero-order chi connectivity index (χ0) is 21.7. The second-order valence-electron chi connectivity index (χ2n) is 7.63. The first-order chi connectivity index (χ1) is 14.2. The normalized spacial score (nSPS) is 23.2. The molecule has 9 nitrogen and oxygen atoms in total. The van der Waals surface area contributed by atoms with E-state index in [1.165, 1.54) is 9.31 Å². The van der Waals surface area contributed by atoms with E-state index in [1.54, 1.807) is 0 Å². The first-order valence-electron chi connectivity index (χ1n) is 10.1. The SMILES string of the molecule is C[C@@H]1CN(S(=O)(=O)CCNC(=O)C2=NN(Cc3ccccc3)C(=O)CC2)C[C@H](C)O1. The number of carbonyl (C=O) groups is 2. The molecule has 1 saturated heterocycles. The van der Waals surface area contributed by atoms with Crippen LogP contribution in [0.4, 0.5) is 0 Å². The van der Waals surface area contributed by atoms with Crippen LogP contribution in [-0.2, 0) is 30.9 Å². The lowest BCUT2D eigenvalue weighted by molar-refractivity contribution is -0.132. The molecular formula is C20H28N4O5S. The molecule has 1 fully saturated rings. The molecule has 0 bridgehead atoms. The number of benzene rings is 1. The minimum absolute atomic E-state index is 0.0209. The maximum Gasteiger partial charge on any atom is 0.267 e. The summed E-state index contributed by atoms with van der Waals surface area (Å²) in [4.78, 5) is 24.6. The third kappa shape index (κ3) is 5.87. The predicted octanol–water partition coefficient (Wildman–Crippen LogP) is 0.720. The number of sulfonamides is 1. The van der Waals surface area contributed by atoms with Crippen molar-refractivity contribution in [3.8, 4) is 0 Å². The average Bonchev–Trinajstić information content (AvgIpc) is 2.69. The summed E-state index contributed by atoms with van der Waals surface area (Å²) in [5.74, 6) is -0.786. The summed E-state index contributed by atoms with van der Waals surface area (Å²) < 4.78 is 32.1. The van der Waals surface area contributed by atoms with E-state index in [4.69, 9.17) is 4.74 Å². The topological polar surface area (TPSA) is 108 Å². The van der Waals surface area contributed by atoms with Crippen molar-refractivity contribution in [2.24, 2.45) is 5.10 Å². The molecule has 0 radical (unpaired) electrons. The highest BCUT2D eigenvalue weighted by molar-refractivity contribution is 7.89. The van der Waals surface area contributed by atoms with Crippen molar-refractivity contribution in [2.45, 2.75) is 45.4 Å². The fraction of sp³-hybridized carbons (Fsp3) is 0.550. The van der Waals surface area contributed by atoms with Gasteiger partial charge in [-0.15, -0.1) is 0 Å². The van der Waals surface area contributed by atoms with Crippen LogP contribution in [0.25, 0.3) is 0 Å². The molecule has 0 unspecified atom stereocenters. The van der Waals surface area contributed by atoms with Gasteiger partial charge in [0.15, 0.2) is 0 Å². The van der Waals surface area contributed by atoms with Crippen LogP contribution < -0.4 is 5.32 Å². The molecule has 1 N–H and O–H groups in total. The molecule has 0 aliphatic carbocycles. The fourth-order valence-electron chi connectivity index (χ4n) is 3.53. The quantitative estimate of drug-likeness (QED) is 0.678. The number of hydrazone groups is 1. The van der Waals surface area contributed by atoms with Crippen LogP contribution in [0.1, 0.15) is 32.3 Å². The number of nitrogens with zero attached hydrogens (tertiary/aromatic N) is 3. The van der Waals surface area contributed by atoms with Crippen LogP contribution in [0.15, 0.2) is 35.4 Å². The Morgan fingerprint density at radius 1 is 1.17 bits per heavy atom. The van der Waals surface area contributed by atoms with E-state index in [9.17, 15) is 18.0 Å². The van der Waals surface area contributed by atoms with E-state index >= 15 is 0 Å². The van der Waals surface area contributed by atoms with Gasteiger partial charge in [0.2, 0.25) is 15.9 Å². The van der Waals surface area contributed by atoms with Crippen molar-refractivity contribution in [1.29, 1.82) is 0 Å². The van der Waals surface area contributed by atoms with Crippen molar-refractivity contribution < 1.29 is 22.7 Å². The molecule has 0 aromatic heterocycles. The third-order valence-corrected chi connectivity index (χ3v) is 6.77. The average molecular weight is 437 g/mol. The molecule has 2 aliphatic heterocycles. The summed E-state index contributed by atoms with van der Waals surface area (Å²) in [6, 6.07) is 9.40. The van der Waals surface area contributed by atoms with Gasteiger partial charge in [0.1, 0.15) is 5.71 Å². The van der Waals surface area contributed by atoms with Crippen LogP contribution >= 0.6 is 0 Å². The van der Waals surface area contributed by atoms with Crippen LogP contribution in [-0.4, -0.2) is 72.9 Å². The van der Waals surface area contributed by atoms with E-state index in [0.717, 1.165) is 5.56 Å². The Bertz CT molecular complexity index is 893. The van der Waals surface area contributed by atoms with Gasteiger partial charge >= 0.3 is 0 Å². The number of ether oxygens (including phenoxy) is 1. The van der Waals surface area contributed by atoms with Gasteiger partial charge in [-0.3, -0.25) is 9.59 Å². The number of hydrogen-bond donors (Lipinski definition) is 1. The van der Waals surface area contributed by atoms with Crippen LogP contribution in [0.5, 0.6) is 0 Å². The minimum atomic E-state index is -3.50. The summed E-state index contributed by atoms with van der Waals surface area (Å²) in [7, 11) is -3.50. The lowest BCUT2D eigenvalue weighted by Gasteiger charge is -2.34. The Labute approximate surface area is 177 Å². The van der Waals surface area contributed by atoms with Crippen molar-refractivity contribution in [3.05, 3.63) is 35.9 Å². The highest BCUT2D eigenvalue weighted by atomic mass is 32.2. The van der Waals surface area contributed by atoms with E-state index in [0.29, 0.717) is 13.1 Å². The number of nitrogens with one attached hydrogen (secondary N) is 1. The molecule has 2 atom stereocenters. The molecule has 10 heteroatoms. The van der Waals surface area contributed by atoms with Gasteiger partial charge in [-0.25, -0.2) is 13.4 Å². The van der Waals surface area contributed by atoms with Crippen molar-refractivity contribution in [1.82, 2.24) is 14.6 Å². The van der Waals surface area contributed by atoms with Gasteiger partial charge in [0.25, 0.3) is 5.91 Å². The molecule has 0 spiro atoms. The molecule has 1 aromatic rings. The van der Waals surface area contributed by atoms with Gasteiger partial charge < -0.3 is 10.1 Å². The number of morpholine rings is 1. The van der Waals surface area contributed by atoms with E-state index in [-0.39, 0.29) is 55.5 Å². The predicted molar refractivity (Wildman–Crippen MR) is 112 cm³/mol. The second kappa shape index (κ2) is 9.67. The molecule has 2 amide bonds. The Kier molecular flexibility index (Phi) is 7.22. The molecule has 2 aliphatic rings. The number of rotatable bonds is 7. The van der Waals surface area contributed by atoms with Gasteiger partial charge in [-0.1, -0.05) is 30.3 Å². The first-order valence-corrected chi connectivity index (χ1v) is 11.7. The van der Waals surface area contributed by atoms with Gasteiger partial charge in [-0.05, 0) is 19.4 Å². The maximum absolute atomic E-state index is 12.6. The Morgan fingerprint density at radius 2 is 1.83 bits per heavy atom. The highest BCUT2D eigenvalue weighted by Gasteiger charge is 2.31. The molecule has 30 heavy (non-hydrogen) atoms. The molecule has 1 aromatic carbocycles. The molecule has 164 valence electrons. The van der Waals surface area contributed by atoms with E-state index in [2.05, 4.69) is 10.4 Å². The number of hydrogen-bond acceptors (Lipinski definition) is 6. The standard InChI is InChI=1S/C20H28N4O5S/c1-15-12-23(13-16(2)29-15)30(27,28)11-10-21-20(26)18-8-9-19(25)24(22-18)14-17-6-4-3-5-7-17/h3-7,15-16H,8-14H2,1-2H3,(H,21,26)/t15-,16+. The van der Waals surface area contributed by atoms with Crippen molar-refractivity contribution in [2.75, 3.05) is 25.4 Å². The lowest BCUT2D eigenvalue weighted by Crippen LogP contribution is -2.50. The van der Waals surface area contributed by atoms with Crippen LogP contribution in [0, 0.1) is 0 Å². The summed E-state index contributed by atoms with van der Waals surface area (Å²) in [6.45, 7) is 4.56. The fourth-order valence-corrected chi connectivity index (χ4v) is 5.02. The third-order valence-electron chi connectivity index (χ3n) is 4.97. The number of carbonyl (C=O) groups excluding carboxylic acids is 2. The van der Waals surface area contributed by atoms with Gasteiger partial charge in [-0.2, -0.15) is 9.41 Å². The van der Waals surface area contributed by atoms with Gasteiger partial charge in [0.05, 0.1) is 24.5 Å². The maximum atomic E-state index is 12.6. The summed E-state index contributed by atoms with van der Waals surface area (Å²) in [5, 5.41) is 8.11. The highest BCUT2D eigenvalue weighted by Crippen LogP contribution is 2.15. The first kappa shape index (κ1) is 22.4. The molecule has 2 heterocycles. The Morgan fingerprint density at radius 3 is 2.50 bits per heavy atom. The Hall–Kier alpha value is -2.30. The molecular weight excluding hydrogens is 408 g/mol. The second-order valence-corrected chi connectivity index (χ2v) is 9.72. The van der Waals surface area contributed by atoms with Crippen molar-refractivity contribution >= 4 is 27.5 Å². The summed E-state index contributed by atoms with van der Waals surface area (Å²) in [6.07, 6.45) is 0.105. The van der Waals surface area contributed by atoms with Gasteiger partial charge in [0, 0.05) is 32.5 Å². The summed E-state index contributed by atoms with van der Waals surface area (Å²) in [5.41, 5.74) is 1.15. The van der Waals surface area contributed by atoms with Crippen LogP contribution in [0.3, 0.4) is 0 Å². The largest absolute Gasteiger partial charge is 0.373 e. The van der Waals surface area contributed by atoms with E-state index in [1.807, 2.05) is 44.2 Å². The molecule has 3 rings (SSSR count). The lowest BCUT2D eigenvalue weighted by atomic mass is 10.1.